The van der Waals surface area contributed by atoms with Gasteiger partial charge in [0.05, 0.1) is 4.47 Å². The standard InChI is InChI=1S/C21H28BrN3O3S/c1-5-7-9-14(12-29-13(3)4)11-16-24-25-21(28-16)17-19(26)18(22)15(10-8-6-2)23-20(17)27/h12H,3,5-11H2,1-2,4H3,(H2,23,26,27)/b14-12+. The topological polar surface area (TPSA) is 92.0 Å². The summed E-state index contributed by atoms with van der Waals surface area (Å²) in [7, 11) is 0. The molecule has 0 radical (unpaired) electrons. The lowest BCUT2D eigenvalue weighted by Gasteiger charge is -2.08. The quantitative estimate of drug-likeness (QED) is 0.401. The Kier molecular flexibility index (Phi) is 9.23. The van der Waals surface area contributed by atoms with Gasteiger partial charge in [0.25, 0.3) is 11.4 Å². The number of unbranched alkanes of at least 4 members (excludes halogenated alkanes) is 2. The van der Waals surface area contributed by atoms with Crippen molar-refractivity contribution in [2.75, 3.05) is 0 Å². The number of aromatic nitrogens is 3. The summed E-state index contributed by atoms with van der Waals surface area (Å²) in [4.78, 5) is 16.4. The molecule has 158 valence electrons. The van der Waals surface area contributed by atoms with Crippen molar-refractivity contribution in [3.63, 3.8) is 0 Å². The van der Waals surface area contributed by atoms with Gasteiger partial charge in [0.1, 0.15) is 11.3 Å². The van der Waals surface area contributed by atoms with E-state index < -0.39 is 5.56 Å². The maximum absolute atomic E-state index is 12.5. The lowest BCUT2D eigenvalue weighted by molar-refractivity contribution is 0.462. The van der Waals surface area contributed by atoms with Crippen LogP contribution in [0.1, 0.15) is 64.5 Å². The van der Waals surface area contributed by atoms with Gasteiger partial charge in [-0.3, -0.25) is 4.79 Å². The average Bonchev–Trinajstić information content (AvgIpc) is 3.13. The SMILES string of the molecule is C=C(C)S/C=C(\CCCC)Cc1nnc(-c2c(O)c(Br)c(CCCC)[nH]c2=O)o1. The number of thioether (sulfide) groups is 1. The van der Waals surface area contributed by atoms with E-state index in [1.165, 1.54) is 5.57 Å². The van der Waals surface area contributed by atoms with Crippen molar-refractivity contribution in [2.45, 2.75) is 65.7 Å². The highest BCUT2D eigenvalue weighted by atomic mass is 79.9. The van der Waals surface area contributed by atoms with Crippen LogP contribution < -0.4 is 5.56 Å². The Morgan fingerprint density at radius 1 is 1.31 bits per heavy atom. The summed E-state index contributed by atoms with van der Waals surface area (Å²) in [5.41, 5.74) is 1.39. The molecule has 8 heteroatoms. The molecule has 0 unspecified atom stereocenters. The Bertz CT molecular complexity index is 934. The highest BCUT2D eigenvalue weighted by Gasteiger charge is 2.22. The molecule has 2 rings (SSSR count). The van der Waals surface area contributed by atoms with E-state index in [2.05, 4.69) is 56.9 Å². The molecule has 0 spiro atoms. The van der Waals surface area contributed by atoms with Gasteiger partial charge in [0.15, 0.2) is 0 Å². The molecular weight excluding hydrogens is 454 g/mol. The first kappa shape index (κ1) is 23.5. The van der Waals surface area contributed by atoms with E-state index in [9.17, 15) is 9.90 Å². The van der Waals surface area contributed by atoms with Crippen LogP contribution in [0.2, 0.25) is 0 Å². The van der Waals surface area contributed by atoms with E-state index in [0.717, 1.165) is 37.0 Å². The number of allylic oxidation sites excluding steroid dienone is 2. The van der Waals surface area contributed by atoms with Crippen LogP contribution in [0.5, 0.6) is 5.75 Å². The van der Waals surface area contributed by atoms with Crippen LogP contribution in [0.3, 0.4) is 0 Å². The minimum atomic E-state index is -0.438. The first-order valence-corrected chi connectivity index (χ1v) is 11.5. The minimum absolute atomic E-state index is 0.00808. The van der Waals surface area contributed by atoms with Crippen LogP contribution in [0.15, 0.2) is 36.1 Å². The largest absolute Gasteiger partial charge is 0.506 e. The molecule has 0 amide bonds. The normalized spacial score (nSPS) is 11.8. The van der Waals surface area contributed by atoms with Crippen molar-refractivity contribution in [2.24, 2.45) is 0 Å². The molecule has 0 aliphatic carbocycles. The van der Waals surface area contributed by atoms with Crippen molar-refractivity contribution in [3.05, 3.63) is 48.9 Å². The number of nitrogens with zero attached hydrogens (tertiary/aromatic N) is 2. The van der Waals surface area contributed by atoms with Gasteiger partial charge in [0, 0.05) is 12.1 Å². The number of aromatic hydroxyl groups is 1. The maximum Gasteiger partial charge on any atom is 0.264 e. The molecule has 2 aromatic rings. The first-order valence-electron chi connectivity index (χ1n) is 9.83. The molecule has 0 saturated carbocycles. The van der Waals surface area contributed by atoms with Crippen LogP contribution in [0.4, 0.5) is 0 Å². The van der Waals surface area contributed by atoms with Crippen molar-refractivity contribution < 1.29 is 9.52 Å². The molecule has 0 atom stereocenters. The Morgan fingerprint density at radius 3 is 2.69 bits per heavy atom. The number of hydrogen-bond acceptors (Lipinski definition) is 6. The summed E-state index contributed by atoms with van der Waals surface area (Å²) >= 11 is 4.95. The molecule has 0 aliphatic rings. The van der Waals surface area contributed by atoms with E-state index in [4.69, 9.17) is 4.42 Å². The summed E-state index contributed by atoms with van der Waals surface area (Å²) in [6.07, 6.45) is 6.15. The lowest BCUT2D eigenvalue weighted by Crippen LogP contribution is -2.13. The fourth-order valence-electron chi connectivity index (χ4n) is 2.74. The van der Waals surface area contributed by atoms with Crippen molar-refractivity contribution in [1.29, 1.82) is 0 Å². The predicted octanol–water partition coefficient (Wildman–Crippen LogP) is 6.12. The van der Waals surface area contributed by atoms with E-state index in [1.807, 2.05) is 6.92 Å². The highest BCUT2D eigenvalue weighted by Crippen LogP contribution is 2.34. The summed E-state index contributed by atoms with van der Waals surface area (Å²) < 4.78 is 6.19. The smallest absolute Gasteiger partial charge is 0.264 e. The van der Waals surface area contributed by atoms with E-state index in [1.54, 1.807) is 11.8 Å². The van der Waals surface area contributed by atoms with Crippen LogP contribution in [0.25, 0.3) is 11.5 Å². The Balaban J connectivity index is 2.28. The maximum atomic E-state index is 12.5. The number of nitrogens with one attached hydrogen (secondary N) is 1. The summed E-state index contributed by atoms with van der Waals surface area (Å²) in [5.74, 6) is 0.258. The Hall–Kier alpha value is -1.80. The second-order valence-electron chi connectivity index (χ2n) is 6.95. The van der Waals surface area contributed by atoms with Crippen molar-refractivity contribution in [3.8, 4) is 17.2 Å². The van der Waals surface area contributed by atoms with E-state index in [-0.39, 0.29) is 17.2 Å². The third kappa shape index (κ3) is 6.60. The molecule has 29 heavy (non-hydrogen) atoms. The predicted molar refractivity (Wildman–Crippen MR) is 122 cm³/mol. The number of aromatic amines is 1. The molecule has 0 aliphatic heterocycles. The van der Waals surface area contributed by atoms with Crippen LogP contribution in [-0.4, -0.2) is 20.3 Å². The van der Waals surface area contributed by atoms with Crippen molar-refractivity contribution >= 4 is 27.7 Å². The first-order chi connectivity index (χ1) is 13.9. The van der Waals surface area contributed by atoms with Crippen molar-refractivity contribution in [1.82, 2.24) is 15.2 Å². The van der Waals surface area contributed by atoms with Crippen LogP contribution in [0, 0.1) is 0 Å². The number of pyridine rings is 1. The number of halogens is 1. The molecular formula is C21H28BrN3O3S. The molecule has 0 aromatic carbocycles. The van der Waals surface area contributed by atoms with Crippen LogP contribution >= 0.6 is 27.7 Å². The Morgan fingerprint density at radius 2 is 2.03 bits per heavy atom. The zero-order valence-electron chi connectivity index (χ0n) is 17.2. The number of hydrogen-bond donors (Lipinski definition) is 2. The number of H-pyrrole nitrogens is 1. The van der Waals surface area contributed by atoms with E-state index in [0.29, 0.717) is 28.9 Å². The monoisotopic (exact) mass is 481 g/mol. The zero-order valence-corrected chi connectivity index (χ0v) is 19.6. The molecule has 0 saturated heterocycles. The molecule has 0 fully saturated rings. The summed E-state index contributed by atoms with van der Waals surface area (Å²) in [6, 6.07) is 0. The second kappa shape index (κ2) is 11.4. The molecule has 2 N–H and O–H groups in total. The Labute approximate surface area is 184 Å². The number of rotatable bonds is 11. The average molecular weight is 482 g/mol. The summed E-state index contributed by atoms with van der Waals surface area (Å²) in [6.45, 7) is 10.1. The van der Waals surface area contributed by atoms with Gasteiger partial charge in [-0.2, -0.15) is 0 Å². The van der Waals surface area contributed by atoms with Crippen LogP contribution in [-0.2, 0) is 12.8 Å². The third-order valence-corrected chi connectivity index (χ3v) is 6.03. The molecule has 2 heterocycles. The summed E-state index contributed by atoms with van der Waals surface area (Å²) in [5, 5.41) is 20.7. The van der Waals surface area contributed by atoms with Gasteiger partial charge >= 0.3 is 0 Å². The third-order valence-electron chi connectivity index (χ3n) is 4.32. The van der Waals surface area contributed by atoms with Gasteiger partial charge in [-0.25, -0.2) is 0 Å². The highest BCUT2D eigenvalue weighted by molar-refractivity contribution is 9.10. The minimum Gasteiger partial charge on any atom is -0.506 e. The van der Waals surface area contributed by atoms with E-state index >= 15 is 0 Å². The molecule has 2 aromatic heterocycles. The van der Waals surface area contributed by atoms with Gasteiger partial charge < -0.3 is 14.5 Å². The zero-order chi connectivity index (χ0) is 21.4. The van der Waals surface area contributed by atoms with Gasteiger partial charge in [0.2, 0.25) is 5.89 Å². The lowest BCUT2D eigenvalue weighted by atomic mass is 10.1. The second-order valence-corrected chi connectivity index (χ2v) is 8.91. The van der Waals surface area contributed by atoms with Gasteiger partial charge in [-0.15, -0.1) is 22.0 Å². The molecule has 0 bridgehead atoms. The van der Waals surface area contributed by atoms with Gasteiger partial charge in [-0.1, -0.05) is 38.8 Å². The number of aryl methyl sites for hydroxylation is 1. The van der Waals surface area contributed by atoms with Gasteiger partial charge in [-0.05, 0) is 58.9 Å². The fourth-order valence-corrected chi connectivity index (χ4v) is 3.80. The fraction of sp³-hybridized carbons (Fsp3) is 0.476. The molecule has 6 nitrogen and oxygen atoms in total.